The van der Waals surface area contributed by atoms with Crippen molar-refractivity contribution >= 4 is 34.1 Å². The Balaban J connectivity index is 1.63. The van der Waals surface area contributed by atoms with Gasteiger partial charge in [0, 0.05) is 30.9 Å². The lowest BCUT2D eigenvalue weighted by Gasteiger charge is -2.32. The molecule has 1 fully saturated rings. The number of nitrogens with one attached hydrogen (secondary N) is 1. The Labute approximate surface area is 209 Å². The third-order valence-corrected chi connectivity index (χ3v) is 6.94. The highest BCUT2D eigenvalue weighted by molar-refractivity contribution is 6.32. The molecule has 0 spiro atoms. The van der Waals surface area contributed by atoms with E-state index >= 15 is 0 Å². The summed E-state index contributed by atoms with van der Waals surface area (Å²) >= 11 is 5.97. The molecule has 35 heavy (non-hydrogen) atoms. The van der Waals surface area contributed by atoms with Gasteiger partial charge in [0.25, 0.3) is 0 Å². The van der Waals surface area contributed by atoms with E-state index in [1.807, 2.05) is 7.05 Å². The van der Waals surface area contributed by atoms with Crippen molar-refractivity contribution in [2.45, 2.75) is 38.6 Å². The van der Waals surface area contributed by atoms with Gasteiger partial charge in [0.1, 0.15) is 5.52 Å². The normalized spacial score (nSPS) is 18.2. The number of aromatic hydroxyl groups is 1. The van der Waals surface area contributed by atoms with Crippen molar-refractivity contribution < 1.29 is 19.4 Å². The van der Waals surface area contributed by atoms with Gasteiger partial charge in [-0.3, -0.25) is 9.78 Å². The smallest absolute Gasteiger partial charge is 0.170 e. The topological polar surface area (TPSA) is 98.6 Å². The van der Waals surface area contributed by atoms with E-state index in [4.69, 9.17) is 21.7 Å². The molecule has 186 valence electrons. The number of carbonyl (C=O) groups is 1. The number of fused-ring (bicyclic) bond motifs is 1. The van der Waals surface area contributed by atoms with Crippen LogP contribution in [-0.4, -0.2) is 63.7 Å². The Morgan fingerprint density at radius 1 is 1.26 bits per heavy atom. The summed E-state index contributed by atoms with van der Waals surface area (Å²) in [6, 6.07) is 6.31. The average molecular weight is 501 g/mol. The zero-order valence-corrected chi connectivity index (χ0v) is 20.6. The lowest BCUT2D eigenvalue weighted by molar-refractivity contribution is 0.101. The number of phenols is 1. The molecule has 0 unspecified atom stereocenters. The standard InChI is InChI=1S/C26H30ClFN4O3/c1-15(34)19-13-29-23-8-7-22(17-11-20(27)26(35)21(28)12-17)31-25(23)24(19)30-18-5-3-16(4-6-18)14-32(2)9-10-33/h7-8,11-13,16,18,33,35H,3-6,9-10,14H2,1-2H3,(H,29,30)/t16-,18-. The molecule has 7 nitrogen and oxygen atoms in total. The van der Waals surface area contributed by atoms with E-state index in [1.165, 1.54) is 19.1 Å². The molecule has 3 N–H and O–H groups in total. The predicted octanol–water partition coefficient (Wildman–Crippen LogP) is 4.89. The van der Waals surface area contributed by atoms with Gasteiger partial charge in [-0.15, -0.1) is 0 Å². The van der Waals surface area contributed by atoms with Crippen LogP contribution in [0.2, 0.25) is 5.02 Å². The number of Topliss-reactive ketones (excluding diaryl/α,β-unsaturated/α-hetero) is 1. The summed E-state index contributed by atoms with van der Waals surface area (Å²) in [7, 11) is 2.03. The minimum absolute atomic E-state index is 0.0998. The molecule has 0 amide bonds. The first kappa shape index (κ1) is 25.3. The van der Waals surface area contributed by atoms with E-state index in [2.05, 4.69) is 15.2 Å². The van der Waals surface area contributed by atoms with Crippen molar-refractivity contribution in [1.29, 1.82) is 0 Å². The molecule has 9 heteroatoms. The van der Waals surface area contributed by atoms with Crippen molar-refractivity contribution in [3.05, 3.63) is 46.9 Å². The third kappa shape index (κ3) is 5.72. The van der Waals surface area contributed by atoms with E-state index in [1.54, 1.807) is 18.3 Å². The number of anilines is 1. The number of likely N-dealkylation sites (N-methyl/N-ethyl adjacent to an activating group) is 1. The molecule has 0 atom stereocenters. The zero-order chi connectivity index (χ0) is 25.1. The number of benzene rings is 1. The van der Waals surface area contributed by atoms with E-state index in [0.717, 1.165) is 32.2 Å². The highest BCUT2D eigenvalue weighted by Gasteiger charge is 2.24. The van der Waals surface area contributed by atoms with E-state index in [0.29, 0.717) is 46.0 Å². The highest BCUT2D eigenvalue weighted by Crippen LogP contribution is 2.35. The molecule has 1 saturated carbocycles. The number of pyridine rings is 2. The maximum Gasteiger partial charge on any atom is 0.170 e. The Bertz CT molecular complexity index is 1210. The zero-order valence-electron chi connectivity index (χ0n) is 19.9. The molecular weight excluding hydrogens is 471 g/mol. The van der Waals surface area contributed by atoms with E-state index < -0.39 is 11.6 Å². The summed E-state index contributed by atoms with van der Waals surface area (Å²) < 4.78 is 14.1. The number of rotatable bonds is 8. The van der Waals surface area contributed by atoms with Crippen LogP contribution in [0.1, 0.15) is 43.0 Å². The number of aliphatic hydroxyl groups excluding tert-OH is 1. The molecule has 2 aromatic heterocycles. The lowest BCUT2D eigenvalue weighted by Crippen LogP contribution is -2.33. The molecule has 4 rings (SSSR count). The van der Waals surface area contributed by atoms with Crippen LogP contribution >= 0.6 is 11.6 Å². The Morgan fingerprint density at radius 2 is 2.00 bits per heavy atom. The Kier molecular flexibility index (Phi) is 7.84. The second kappa shape index (κ2) is 10.8. The van der Waals surface area contributed by atoms with Gasteiger partial charge in [-0.1, -0.05) is 11.6 Å². The number of phenolic OH excluding ortho intramolecular Hbond substituents is 1. The number of aromatic nitrogens is 2. The van der Waals surface area contributed by atoms with Crippen LogP contribution in [0.25, 0.3) is 22.3 Å². The first-order valence-electron chi connectivity index (χ1n) is 11.8. The van der Waals surface area contributed by atoms with Crippen LogP contribution in [-0.2, 0) is 0 Å². The summed E-state index contributed by atoms with van der Waals surface area (Å²) in [5, 5.41) is 22.3. The van der Waals surface area contributed by atoms with Gasteiger partial charge in [-0.25, -0.2) is 9.37 Å². The first-order chi connectivity index (χ1) is 16.8. The van der Waals surface area contributed by atoms with Gasteiger partial charge >= 0.3 is 0 Å². The monoisotopic (exact) mass is 500 g/mol. The molecule has 1 aliphatic carbocycles. The van der Waals surface area contributed by atoms with Crippen molar-refractivity contribution in [2.75, 3.05) is 32.1 Å². The predicted molar refractivity (Wildman–Crippen MR) is 136 cm³/mol. The first-order valence-corrected chi connectivity index (χ1v) is 12.2. The number of ketones is 1. The fraction of sp³-hybridized carbons (Fsp3) is 0.423. The van der Waals surface area contributed by atoms with Gasteiger partial charge < -0.3 is 20.4 Å². The van der Waals surface area contributed by atoms with Crippen molar-refractivity contribution in [3.8, 4) is 17.0 Å². The molecule has 2 heterocycles. The minimum atomic E-state index is -0.829. The third-order valence-electron chi connectivity index (χ3n) is 6.65. The molecule has 3 aromatic rings. The minimum Gasteiger partial charge on any atom is -0.504 e. The van der Waals surface area contributed by atoms with Gasteiger partial charge in [-0.2, -0.15) is 0 Å². The molecule has 1 aliphatic rings. The average Bonchev–Trinajstić information content (AvgIpc) is 2.83. The molecule has 0 radical (unpaired) electrons. The van der Waals surface area contributed by atoms with Crippen LogP contribution in [0, 0.1) is 11.7 Å². The van der Waals surface area contributed by atoms with E-state index in [9.17, 15) is 14.3 Å². The van der Waals surface area contributed by atoms with Crippen LogP contribution in [0.4, 0.5) is 10.1 Å². The number of halogens is 2. The molecule has 1 aromatic carbocycles. The largest absolute Gasteiger partial charge is 0.504 e. The van der Waals surface area contributed by atoms with Gasteiger partial charge in [0.05, 0.1) is 34.1 Å². The number of aliphatic hydroxyl groups is 1. The van der Waals surface area contributed by atoms with Gasteiger partial charge in [0.2, 0.25) is 0 Å². The van der Waals surface area contributed by atoms with Crippen molar-refractivity contribution in [2.24, 2.45) is 5.92 Å². The molecule has 0 aliphatic heterocycles. The Morgan fingerprint density at radius 3 is 2.66 bits per heavy atom. The van der Waals surface area contributed by atoms with Gasteiger partial charge in [-0.05, 0) is 69.8 Å². The summed E-state index contributed by atoms with van der Waals surface area (Å²) in [6.07, 6.45) is 5.58. The fourth-order valence-electron chi connectivity index (χ4n) is 4.75. The van der Waals surface area contributed by atoms with Crippen LogP contribution in [0.3, 0.4) is 0 Å². The summed E-state index contributed by atoms with van der Waals surface area (Å²) in [6.45, 7) is 3.29. The Hall–Kier alpha value is -2.81. The second-order valence-electron chi connectivity index (χ2n) is 9.30. The quantitative estimate of drug-likeness (QED) is 0.379. The maximum atomic E-state index is 14.1. The highest BCUT2D eigenvalue weighted by atomic mass is 35.5. The van der Waals surface area contributed by atoms with Gasteiger partial charge in [0.15, 0.2) is 17.3 Å². The maximum absolute atomic E-state index is 14.1. The number of hydrogen-bond donors (Lipinski definition) is 3. The number of hydrogen-bond acceptors (Lipinski definition) is 7. The summed E-state index contributed by atoms with van der Waals surface area (Å²) in [4.78, 5) is 23.7. The lowest BCUT2D eigenvalue weighted by atomic mass is 9.85. The molecular formula is C26H30ClFN4O3. The van der Waals surface area contributed by atoms with Crippen LogP contribution < -0.4 is 5.32 Å². The van der Waals surface area contributed by atoms with Crippen molar-refractivity contribution in [3.63, 3.8) is 0 Å². The summed E-state index contributed by atoms with van der Waals surface area (Å²) in [5.74, 6) is -0.973. The number of nitrogens with zero attached hydrogens (tertiary/aromatic N) is 3. The van der Waals surface area contributed by atoms with E-state index in [-0.39, 0.29) is 23.5 Å². The van der Waals surface area contributed by atoms with Crippen LogP contribution in [0.15, 0.2) is 30.5 Å². The summed E-state index contributed by atoms with van der Waals surface area (Å²) in [5.41, 5.74) is 3.12. The number of carbonyl (C=O) groups excluding carboxylic acids is 1. The molecule has 0 saturated heterocycles. The fourth-order valence-corrected chi connectivity index (χ4v) is 4.96. The van der Waals surface area contributed by atoms with Crippen LogP contribution in [0.5, 0.6) is 5.75 Å². The SMILES string of the molecule is CC(=O)c1cnc2ccc(-c3cc(F)c(O)c(Cl)c3)nc2c1N[C@H]1CC[C@H](CN(C)CCO)CC1. The second-order valence-corrected chi connectivity index (χ2v) is 9.71. The molecule has 0 bridgehead atoms. The van der Waals surface area contributed by atoms with Crippen molar-refractivity contribution in [1.82, 2.24) is 14.9 Å².